The van der Waals surface area contributed by atoms with Gasteiger partial charge in [-0.05, 0) is 44.5 Å². The molecule has 0 aliphatic carbocycles. The zero-order valence-corrected chi connectivity index (χ0v) is 12.6. The summed E-state index contributed by atoms with van der Waals surface area (Å²) in [6.07, 6.45) is 1.15. The van der Waals surface area contributed by atoms with E-state index < -0.39 is 0 Å². The van der Waals surface area contributed by atoms with Crippen LogP contribution in [0.2, 0.25) is 0 Å². The van der Waals surface area contributed by atoms with Crippen molar-refractivity contribution in [3.63, 3.8) is 0 Å². The van der Waals surface area contributed by atoms with Crippen molar-refractivity contribution in [2.24, 2.45) is 0 Å². The summed E-state index contributed by atoms with van der Waals surface area (Å²) in [5.41, 5.74) is 2.36. The van der Waals surface area contributed by atoms with Gasteiger partial charge in [0.05, 0.1) is 11.6 Å². The van der Waals surface area contributed by atoms with E-state index in [1.807, 2.05) is 6.92 Å². The number of rotatable bonds is 8. The lowest BCUT2D eigenvalue weighted by Gasteiger charge is -2.17. The first kappa shape index (κ1) is 15.5. The smallest absolute Gasteiger partial charge is 0.0966 e. The van der Waals surface area contributed by atoms with E-state index >= 15 is 0 Å². The van der Waals surface area contributed by atoms with Gasteiger partial charge in [0.2, 0.25) is 0 Å². The first-order valence-electron chi connectivity index (χ1n) is 6.46. The number of ether oxygens (including phenoxy) is 1. The highest BCUT2D eigenvalue weighted by molar-refractivity contribution is 7.99. The standard InChI is InChI=1S/C14H24N2OS/c1-5-6-15-13(9-17-4)10-18-14-8-11(2)7-12(3)16-14/h7-8,13,15H,5-6,9-10H2,1-4H3. The van der Waals surface area contributed by atoms with E-state index in [0.29, 0.717) is 6.04 Å². The fourth-order valence-electron chi connectivity index (χ4n) is 1.78. The molecule has 1 heterocycles. The molecule has 102 valence electrons. The van der Waals surface area contributed by atoms with Crippen LogP contribution in [0, 0.1) is 13.8 Å². The topological polar surface area (TPSA) is 34.1 Å². The summed E-state index contributed by atoms with van der Waals surface area (Å²) in [5, 5.41) is 4.60. The Labute approximate surface area is 115 Å². The zero-order chi connectivity index (χ0) is 13.4. The molecule has 1 aromatic rings. The van der Waals surface area contributed by atoms with Gasteiger partial charge in [0.15, 0.2) is 0 Å². The molecule has 0 amide bonds. The molecule has 0 saturated carbocycles. The number of hydrogen-bond acceptors (Lipinski definition) is 4. The Morgan fingerprint density at radius 2 is 2.17 bits per heavy atom. The Bertz CT molecular complexity index is 337. The lowest BCUT2D eigenvalue weighted by Crippen LogP contribution is -2.35. The van der Waals surface area contributed by atoms with Crippen molar-refractivity contribution in [3.05, 3.63) is 23.4 Å². The van der Waals surface area contributed by atoms with Gasteiger partial charge < -0.3 is 10.1 Å². The van der Waals surface area contributed by atoms with Gasteiger partial charge in [-0.2, -0.15) is 0 Å². The Hall–Kier alpha value is -0.580. The maximum absolute atomic E-state index is 5.24. The van der Waals surface area contributed by atoms with E-state index in [1.54, 1.807) is 18.9 Å². The van der Waals surface area contributed by atoms with E-state index in [9.17, 15) is 0 Å². The highest BCUT2D eigenvalue weighted by Crippen LogP contribution is 2.18. The summed E-state index contributed by atoms with van der Waals surface area (Å²) in [6, 6.07) is 4.63. The van der Waals surface area contributed by atoms with Gasteiger partial charge in [0.1, 0.15) is 0 Å². The van der Waals surface area contributed by atoms with Gasteiger partial charge in [-0.15, -0.1) is 11.8 Å². The number of aromatic nitrogens is 1. The van der Waals surface area contributed by atoms with E-state index in [4.69, 9.17) is 4.74 Å². The summed E-state index contributed by atoms with van der Waals surface area (Å²) >= 11 is 1.79. The summed E-state index contributed by atoms with van der Waals surface area (Å²) in [4.78, 5) is 4.54. The second kappa shape index (κ2) is 8.51. The molecular weight excluding hydrogens is 244 g/mol. The summed E-state index contributed by atoms with van der Waals surface area (Å²) < 4.78 is 5.24. The molecule has 1 unspecified atom stereocenters. The van der Waals surface area contributed by atoms with Crippen LogP contribution in [0.4, 0.5) is 0 Å². The third-order valence-electron chi connectivity index (χ3n) is 2.56. The Morgan fingerprint density at radius 1 is 1.39 bits per heavy atom. The van der Waals surface area contributed by atoms with Crippen molar-refractivity contribution < 1.29 is 4.74 Å². The van der Waals surface area contributed by atoms with Crippen molar-refractivity contribution in [1.82, 2.24) is 10.3 Å². The Morgan fingerprint density at radius 3 is 2.78 bits per heavy atom. The minimum absolute atomic E-state index is 0.391. The van der Waals surface area contributed by atoms with Gasteiger partial charge in [-0.3, -0.25) is 0 Å². The second-order valence-electron chi connectivity index (χ2n) is 4.54. The van der Waals surface area contributed by atoms with Crippen LogP contribution in [0.5, 0.6) is 0 Å². The van der Waals surface area contributed by atoms with Crippen LogP contribution in [0.3, 0.4) is 0 Å². The SMILES string of the molecule is CCCNC(COC)CSc1cc(C)cc(C)n1. The largest absolute Gasteiger partial charge is 0.383 e. The number of pyridine rings is 1. The molecule has 1 rings (SSSR count). The molecule has 0 aliphatic rings. The van der Waals surface area contributed by atoms with Crippen molar-refractivity contribution in [1.29, 1.82) is 0 Å². The molecule has 3 nitrogen and oxygen atoms in total. The van der Waals surface area contributed by atoms with Crippen molar-refractivity contribution in [2.75, 3.05) is 26.0 Å². The van der Waals surface area contributed by atoms with E-state index in [0.717, 1.165) is 36.0 Å². The molecule has 0 aliphatic heterocycles. The average molecular weight is 268 g/mol. The van der Waals surface area contributed by atoms with E-state index in [-0.39, 0.29) is 0 Å². The predicted octanol–water partition coefficient (Wildman–Crippen LogP) is 2.81. The third kappa shape index (κ3) is 5.85. The Balaban J connectivity index is 2.49. The zero-order valence-electron chi connectivity index (χ0n) is 11.8. The molecule has 1 N–H and O–H groups in total. The van der Waals surface area contributed by atoms with Crippen LogP contribution in [0.1, 0.15) is 24.6 Å². The van der Waals surface area contributed by atoms with Crippen LogP contribution < -0.4 is 5.32 Å². The number of methoxy groups -OCH3 is 1. The van der Waals surface area contributed by atoms with Gasteiger partial charge >= 0.3 is 0 Å². The number of nitrogens with zero attached hydrogens (tertiary/aromatic N) is 1. The van der Waals surface area contributed by atoms with Gasteiger partial charge in [-0.25, -0.2) is 4.98 Å². The molecule has 0 aromatic carbocycles. The van der Waals surface area contributed by atoms with Gasteiger partial charge in [-0.1, -0.05) is 6.92 Å². The Kier molecular flexibility index (Phi) is 7.32. The number of aryl methyl sites for hydroxylation is 2. The molecule has 4 heteroatoms. The fraction of sp³-hybridized carbons (Fsp3) is 0.643. The molecule has 0 radical (unpaired) electrons. The number of nitrogens with one attached hydrogen (secondary N) is 1. The van der Waals surface area contributed by atoms with Gasteiger partial charge in [0, 0.05) is 24.6 Å². The lowest BCUT2D eigenvalue weighted by atomic mass is 10.3. The third-order valence-corrected chi connectivity index (χ3v) is 3.63. The molecule has 0 saturated heterocycles. The van der Waals surface area contributed by atoms with Gasteiger partial charge in [0.25, 0.3) is 0 Å². The summed E-state index contributed by atoms with van der Waals surface area (Å²) in [5.74, 6) is 0.990. The van der Waals surface area contributed by atoms with E-state index in [1.165, 1.54) is 5.56 Å². The number of hydrogen-bond donors (Lipinski definition) is 1. The maximum Gasteiger partial charge on any atom is 0.0966 e. The van der Waals surface area contributed by atoms with Crippen LogP contribution in [0.25, 0.3) is 0 Å². The lowest BCUT2D eigenvalue weighted by molar-refractivity contribution is 0.174. The van der Waals surface area contributed by atoms with Crippen molar-refractivity contribution in [3.8, 4) is 0 Å². The second-order valence-corrected chi connectivity index (χ2v) is 5.58. The normalized spacial score (nSPS) is 12.7. The molecule has 1 atom stereocenters. The van der Waals surface area contributed by atoms with E-state index in [2.05, 4.69) is 36.3 Å². The molecule has 0 fully saturated rings. The highest BCUT2D eigenvalue weighted by Gasteiger charge is 2.09. The summed E-state index contributed by atoms with van der Waals surface area (Å²) in [6.45, 7) is 8.11. The molecular formula is C14H24N2OS. The average Bonchev–Trinajstić information content (AvgIpc) is 2.31. The minimum Gasteiger partial charge on any atom is -0.383 e. The molecule has 0 spiro atoms. The first-order valence-corrected chi connectivity index (χ1v) is 7.44. The molecule has 0 bridgehead atoms. The monoisotopic (exact) mass is 268 g/mol. The number of thioether (sulfide) groups is 1. The summed E-state index contributed by atoms with van der Waals surface area (Å²) in [7, 11) is 1.75. The first-order chi connectivity index (χ1) is 8.65. The van der Waals surface area contributed by atoms with Crippen LogP contribution in [0.15, 0.2) is 17.2 Å². The highest BCUT2D eigenvalue weighted by atomic mass is 32.2. The maximum atomic E-state index is 5.24. The van der Waals surface area contributed by atoms with Crippen LogP contribution in [-0.2, 0) is 4.74 Å². The van der Waals surface area contributed by atoms with Crippen molar-refractivity contribution >= 4 is 11.8 Å². The van der Waals surface area contributed by atoms with Crippen molar-refractivity contribution in [2.45, 2.75) is 38.3 Å². The predicted molar refractivity (Wildman–Crippen MR) is 78.4 cm³/mol. The van der Waals surface area contributed by atoms with Crippen LogP contribution in [-0.4, -0.2) is 37.0 Å². The quantitative estimate of drug-likeness (QED) is 0.735. The fourth-order valence-corrected chi connectivity index (χ4v) is 2.84. The molecule has 18 heavy (non-hydrogen) atoms. The molecule has 1 aromatic heterocycles. The van der Waals surface area contributed by atoms with Crippen LogP contribution >= 0.6 is 11.8 Å². The minimum atomic E-state index is 0.391.